The fourth-order valence-electron chi connectivity index (χ4n) is 7.00. The second-order valence-electron chi connectivity index (χ2n) is 12.4. The molecule has 3 aliphatic heterocycles. The molecule has 4 heterocycles. The van der Waals surface area contributed by atoms with E-state index in [0.29, 0.717) is 49.7 Å². The number of piperazine rings is 1. The van der Waals surface area contributed by atoms with Crippen molar-refractivity contribution < 1.29 is 14.3 Å². The fourth-order valence-corrected chi connectivity index (χ4v) is 7.29. The average Bonchev–Trinajstić information content (AvgIpc) is 3.43. The molecular weight excluding hydrogens is 576 g/mol. The molecular formula is C34H39ClN6O3. The summed E-state index contributed by atoms with van der Waals surface area (Å²) in [6, 6.07) is 12.5. The van der Waals surface area contributed by atoms with Gasteiger partial charge in [-0.25, -0.2) is 6.57 Å². The highest BCUT2D eigenvalue weighted by Crippen LogP contribution is 2.47. The Labute approximate surface area is 264 Å². The molecule has 2 saturated heterocycles. The van der Waals surface area contributed by atoms with E-state index < -0.39 is 5.60 Å². The molecule has 2 aromatic carbocycles. The third-order valence-electron chi connectivity index (χ3n) is 9.21. The fraction of sp³-hybridized carbons (Fsp3) is 0.471. The van der Waals surface area contributed by atoms with Gasteiger partial charge < -0.3 is 29.0 Å². The van der Waals surface area contributed by atoms with E-state index in [1.54, 1.807) is 4.90 Å². The molecule has 6 rings (SSSR count). The maximum atomic E-state index is 12.6. The molecule has 44 heavy (non-hydrogen) atoms. The van der Waals surface area contributed by atoms with E-state index in [4.69, 9.17) is 37.6 Å². The van der Waals surface area contributed by atoms with E-state index in [1.165, 1.54) is 6.08 Å². The lowest BCUT2D eigenvalue weighted by atomic mass is 9.86. The number of carbonyl (C=O) groups excluding carboxylic acids is 1. The van der Waals surface area contributed by atoms with Crippen LogP contribution < -0.4 is 9.64 Å². The number of aromatic nitrogens is 2. The maximum Gasteiger partial charge on any atom is 0.318 e. The van der Waals surface area contributed by atoms with Crippen molar-refractivity contribution in [3.05, 3.63) is 82.3 Å². The number of amides is 1. The summed E-state index contributed by atoms with van der Waals surface area (Å²) in [5, 5.41) is 2.74. The Balaban J connectivity index is 1.41. The molecule has 230 valence electrons. The smallest absolute Gasteiger partial charge is 0.318 e. The van der Waals surface area contributed by atoms with Gasteiger partial charge in [0.25, 0.3) is 0 Å². The molecule has 0 aliphatic carbocycles. The molecule has 0 N–H and O–H groups in total. The third kappa shape index (κ3) is 5.74. The second-order valence-corrected chi connectivity index (χ2v) is 12.8. The Kier molecular flexibility index (Phi) is 8.51. The summed E-state index contributed by atoms with van der Waals surface area (Å²) < 4.78 is 13.2. The van der Waals surface area contributed by atoms with Gasteiger partial charge in [0.05, 0.1) is 17.4 Å². The minimum atomic E-state index is -0.745. The molecule has 9 nitrogen and oxygen atoms in total. The predicted molar refractivity (Wildman–Crippen MR) is 172 cm³/mol. The van der Waals surface area contributed by atoms with Gasteiger partial charge in [-0.3, -0.25) is 4.79 Å². The van der Waals surface area contributed by atoms with Crippen LogP contribution in [0.25, 0.3) is 15.6 Å². The Morgan fingerprint density at radius 3 is 2.73 bits per heavy atom. The first-order valence-electron chi connectivity index (χ1n) is 15.3. The molecule has 2 fully saturated rings. The number of fused-ring (bicyclic) bond motifs is 2. The molecule has 1 amide bonds. The zero-order chi connectivity index (χ0) is 31.0. The predicted octanol–water partition coefficient (Wildman–Crippen LogP) is 5.43. The first kappa shape index (κ1) is 30.3. The lowest BCUT2D eigenvalue weighted by Gasteiger charge is -2.43. The van der Waals surface area contributed by atoms with Gasteiger partial charge in [-0.2, -0.15) is 9.97 Å². The highest BCUT2D eigenvalue weighted by atomic mass is 35.5. The van der Waals surface area contributed by atoms with Crippen molar-refractivity contribution in [1.29, 1.82) is 0 Å². The third-order valence-corrected chi connectivity index (χ3v) is 9.53. The summed E-state index contributed by atoms with van der Waals surface area (Å²) in [4.78, 5) is 32.5. The van der Waals surface area contributed by atoms with E-state index in [1.807, 2.05) is 18.2 Å². The van der Waals surface area contributed by atoms with Crippen LogP contribution in [0.15, 0.2) is 49.1 Å². The van der Waals surface area contributed by atoms with E-state index in [2.05, 4.69) is 60.3 Å². The number of hydrogen-bond acceptors (Lipinski definition) is 7. The Hall–Kier alpha value is -3.71. The molecule has 10 heteroatoms. The Morgan fingerprint density at radius 1 is 1.20 bits per heavy atom. The molecule has 1 unspecified atom stereocenters. The zero-order valence-electron chi connectivity index (χ0n) is 25.6. The topological polar surface area (TPSA) is 75.4 Å². The van der Waals surface area contributed by atoms with Crippen LogP contribution in [0.4, 0.5) is 5.82 Å². The van der Waals surface area contributed by atoms with Crippen molar-refractivity contribution in [1.82, 2.24) is 19.8 Å². The minimum absolute atomic E-state index is 0.159. The summed E-state index contributed by atoms with van der Waals surface area (Å²) in [7, 11) is 2.13. The number of likely N-dealkylation sites (tertiary alicyclic amines) is 1. The van der Waals surface area contributed by atoms with Crippen LogP contribution >= 0.6 is 11.6 Å². The second kappa shape index (κ2) is 12.4. The Bertz CT molecular complexity index is 1620. The largest absolute Gasteiger partial charge is 0.462 e. The Morgan fingerprint density at radius 2 is 2.00 bits per heavy atom. The number of hydrogen-bond donors (Lipinski definition) is 0. The minimum Gasteiger partial charge on any atom is -0.462 e. The summed E-state index contributed by atoms with van der Waals surface area (Å²) in [5.41, 5.74) is 2.07. The van der Waals surface area contributed by atoms with Crippen molar-refractivity contribution >= 4 is 34.1 Å². The lowest BCUT2D eigenvalue weighted by molar-refractivity contribution is -0.128. The quantitative estimate of drug-likeness (QED) is 0.260. The molecule has 0 bridgehead atoms. The van der Waals surface area contributed by atoms with Gasteiger partial charge in [0.1, 0.15) is 18.5 Å². The van der Waals surface area contributed by atoms with Crippen molar-refractivity contribution in [2.24, 2.45) is 0 Å². The van der Waals surface area contributed by atoms with Crippen molar-refractivity contribution in [3.8, 4) is 6.01 Å². The number of rotatable bonds is 7. The van der Waals surface area contributed by atoms with Crippen LogP contribution in [0, 0.1) is 6.57 Å². The maximum absolute atomic E-state index is 12.6. The molecule has 3 aromatic rings. The van der Waals surface area contributed by atoms with Crippen molar-refractivity contribution in [2.45, 2.75) is 56.9 Å². The molecule has 0 radical (unpaired) electrons. The lowest BCUT2D eigenvalue weighted by Crippen LogP contribution is -2.56. The molecule has 3 aliphatic rings. The number of benzene rings is 2. The van der Waals surface area contributed by atoms with Crippen LogP contribution in [0.5, 0.6) is 6.01 Å². The van der Waals surface area contributed by atoms with E-state index in [-0.39, 0.29) is 24.6 Å². The van der Waals surface area contributed by atoms with Crippen LogP contribution in [-0.4, -0.2) is 84.1 Å². The monoisotopic (exact) mass is 614 g/mol. The van der Waals surface area contributed by atoms with Crippen LogP contribution in [0.2, 0.25) is 5.02 Å². The first-order chi connectivity index (χ1) is 21.2. The van der Waals surface area contributed by atoms with Gasteiger partial charge in [-0.15, -0.1) is 0 Å². The number of nitrogens with zero attached hydrogens (tertiary/aromatic N) is 6. The van der Waals surface area contributed by atoms with Gasteiger partial charge in [0.2, 0.25) is 12.5 Å². The number of ether oxygens (including phenoxy) is 2. The zero-order valence-corrected chi connectivity index (χ0v) is 26.4. The standard InChI is InChI=1S/C34H39ClN6O3/c1-6-29(42)41-17-16-40(20-24(41)19-36-4)32-31-27(37-33(38-32)43-21-23-12-9-15-39(23)5)18-28(44-34(31,2)3)25-13-7-10-22-11-8-14-26(35)30(22)25/h6-8,10-11,13-14,23-24,28H,1,9,12,15-21H2,2-3,5H3/t23-,24-,28?/m0/s1. The normalized spacial score (nSPS) is 23.3. The number of anilines is 1. The van der Waals surface area contributed by atoms with Gasteiger partial charge in [-0.1, -0.05) is 48.5 Å². The SMILES string of the molecule is [C-]#[N+]C[C@H]1CN(c2nc(OC[C@@H]3CCCN3C)nc3c2C(C)(C)OC(c2cccc4cccc(Cl)c24)C3)CCN1C(=O)C=C. The number of carbonyl (C=O) groups is 1. The summed E-state index contributed by atoms with van der Waals surface area (Å²) in [6.07, 6.45) is 3.80. The van der Waals surface area contributed by atoms with Gasteiger partial charge in [0.15, 0.2) is 0 Å². The summed E-state index contributed by atoms with van der Waals surface area (Å²) in [5.74, 6) is 0.581. The van der Waals surface area contributed by atoms with Crippen molar-refractivity contribution in [2.75, 3.05) is 51.3 Å². The number of halogens is 1. The van der Waals surface area contributed by atoms with Crippen LogP contribution in [0.3, 0.4) is 0 Å². The number of likely N-dealkylation sites (N-methyl/N-ethyl adjacent to an activating group) is 1. The van der Waals surface area contributed by atoms with E-state index in [9.17, 15) is 4.79 Å². The van der Waals surface area contributed by atoms with Crippen molar-refractivity contribution in [3.63, 3.8) is 0 Å². The molecule has 0 spiro atoms. The molecule has 1 aromatic heterocycles. The van der Waals surface area contributed by atoms with Crippen LogP contribution in [-0.2, 0) is 21.6 Å². The molecule has 3 atom stereocenters. The summed E-state index contributed by atoms with van der Waals surface area (Å²) in [6.45, 7) is 18.6. The first-order valence-corrected chi connectivity index (χ1v) is 15.7. The highest BCUT2D eigenvalue weighted by molar-refractivity contribution is 6.35. The van der Waals surface area contributed by atoms with Gasteiger partial charge in [0, 0.05) is 48.1 Å². The van der Waals surface area contributed by atoms with Gasteiger partial charge in [-0.05, 0) is 63.4 Å². The van der Waals surface area contributed by atoms with E-state index in [0.717, 1.165) is 52.8 Å². The van der Waals surface area contributed by atoms with Gasteiger partial charge >= 0.3 is 6.01 Å². The molecule has 0 saturated carbocycles. The average molecular weight is 615 g/mol. The van der Waals surface area contributed by atoms with Crippen LogP contribution in [0.1, 0.15) is 49.6 Å². The summed E-state index contributed by atoms with van der Waals surface area (Å²) >= 11 is 6.74. The highest BCUT2D eigenvalue weighted by Gasteiger charge is 2.42. The van der Waals surface area contributed by atoms with E-state index >= 15 is 0 Å².